The summed E-state index contributed by atoms with van der Waals surface area (Å²) in [5.74, 6) is 1.20. The second-order valence-electron chi connectivity index (χ2n) is 3.45. The van der Waals surface area contributed by atoms with Gasteiger partial charge >= 0.3 is 0 Å². The lowest BCUT2D eigenvalue weighted by Crippen LogP contribution is -1.98. The number of hydrogen-bond donors (Lipinski definition) is 2. The highest BCUT2D eigenvalue weighted by Gasteiger charge is 2.12. The third kappa shape index (κ3) is 2.39. The number of rotatable bonds is 5. The molecule has 2 N–H and O–H groups in total. The lowest BCUT2D eigenvalue weighted by Gasteiger charge is -2.02. The first kappa shape index (κ1) is 11.9. The van der Waals surface area contributed by atoms with E-state index < -0.39 is 8.61 Å². The number of nitrogens with zero attached hydrogens (tertiary/aromatic N) is 3. The number of H-pyrrole nitrogens is 1. The van der Waals surface area contributed by atoms with Crippen LogP contribution in [-0.4, -0.2) is 27.0 Å². The Hall–Kier alpha value is -1.62. The van der Waals surface area contributed by atoms with Crippen molar-refractivity contribution < 1.29 is 9.30 Å². The number of methoxy groups -OCH3 is 1. The topological polar surface area (TPSA) is 92.8 Å². The molecule has 17 heavy (non-hydrogen) atoms. The number of anilines is 1. The fraction of sp³-hybridized carbons (Fsp3) is 0.444. The molecule has 92 valence electrons. The minimum Gasteiger partial charge on any atom is -0.468 e. The molecule has 2 aromatic heterocycles. The van der Waals surface area contributed by atoms with E-state index >= 15 is 0 Å². The number of imidazole rings is 1. The van der Waals surface area contributed by atoms with Crippen molar-refractivity contribution in [2.24, 2.45) is 0 Å². The van der Waals surface area contributed by atoms with Crippen LogP contribution in [0.5, 0.6) is 6.01 Å². The van der Waals surface area contributed by atoms with E-state index in [0.717, 1.165) is 12.8 Å². The summed E-state index contributed by atoms with van der Waals surface area (Å²) in [7, 11) is 0.393. The van der Waals surface area contributed by atoms with Gasteiger partial charge < -0.3 is 19.4 Å². The van der Waals surface area contributed by atoms with Crippen molar-refractivity contribution >= 4 is 25.6 Å². The normalized spacial score (nSPS) is 11.4. The molecule has 1 atom stereocenters. The maximum absolute atomic E-state index is 10.7. The summed E-state index contributed by atoms with van der Waals surface area (Å²) in [5, 5.41) is 2.74. The van der Waals surface area contributed by atoms with Gasteiger partial charge in [-0.2, -0.15) is 4.98 Å². The van der Waals surface area contributed by atoms with Crippen LogP contribution in [0.25, 0.3) is 11.2 Å². The van der Waals surface area contributed by atoms with Crippen LogP contribution in [0, 0.1) is 0 Å². The molecular weight excluding hydrogens is 241 g/mol. The van der Waals surface area contributed by atoms with Gasteiger partial charge in [0.2, 0.25) is 0 Å². The third-order valence-corrected chi connectivity index (χ3v) is 2.63. The van der Waals surface area contributed by atoms with Crippen LogP contribution in [-0.2, 0) is 11.0 Å². The van der Waals surface area contributed by atoms with E-state index in [1.807, 2.05) is 6.92 Å². The number of aromatic nitrogens is 4. The van der Waals surface area contributed by atoms with E-state index in [-0.39, 0.29) is 0 Å². The number of hydrogen-bond acceptors (Lipinski definition) is 5. The average molecular weight is 255 g/mol. The third-order valence-electron chi connectivity index (χ3n) is 2.24. The highest BCUT2D eigenvalue weighted by atomic mass is 31.1. The Morgan fingerprint density at radius 3 is 2.88 bits per heavy atom. The number of ether oxygens (including phenoxy) is 1. The van der Waals surface area contributed by atoms with E-state index in [1.165, 1.54) is 7.11 Å². The molecule has 1 unspecified atom stereocenters. The Morgan fingerprint density at radius 1 is 1.41 bits per heavy atom. The van der Waals surface area contributed by atoms with Crippen LogP contribution >= 0.6 is 8.61 Å². The summed E-state index contributed by atoms with van der Waals surface area (Å²) in [5.41, 5.74) is 1.14. The monoisotopic (exact) mass is 255 g/mol. The average Bonchev–Trinajstić information content (AvgIpc) is 2.73. The number of fused-ring (bicyclic) bond motifs is 1. The first-order chi connectivity index (χ1) is 8.28. The molecule has 2 rings (SSSR count). The zero-order valence-corrected chi connectivity index (χ0v) is 10.8. The largest absolute Gasteiger partial charge is 0.468 e. The Kier molecular flexibility index (Phi) is 3.58. The highest BCUT2D eigenvalue weighted by Crippen LogP contribution is 2.22. The lowest BCUT2D eigenvalue weighted by atomic mass is 10.3. The smallest absolute Gasteiger partial charge is 0.295 e. The van der Waals surface area contributed by atoms with Gasteiger partial charge in [-0.15, -0.1) is 0 Å². The zero-order valence-electron chi connectivity index (χ0n) is 9.65. The Balaban J connectivity index is 2.56. The van der Waals surface area contributed by atoms with Crippen LogP contribution in [0.4, 0.5) is 5.82 Å². The lowest BCUT2D eigenvalue weighted by molar-refractivity contribution is 0.386. The summed E-state index contributed by atoms with van der Waals surface area (Å²) in [4.78, 5) is 15.7. The maximum Gasteiger partial charge on any atom is 0.295 e. The summed E-state index contributed by atoms with van der Waals surface area (Å²) in [6, 6.07) is 0.367. The summed E-state index contributed by atoms with van der Waals surface area (Å²) < 4.78 is 15.7. The molecule has 0 aliphatic heterocycles. The molecule has 0 spiro atoms. The molecule has 2 heterocycles. The van der Waals surface area contributed by atoms with Crippen molar-refractivity contribution in [3.8, 4) is 6.01 Å². The number of nitrogens with one attached hydrogen (secondary N) is 2. The van der Waals surface area contributed by atoms with Crippen molar-refractivity contribution in [1.29, 1.82) is 0 Å². The summed E-state index contributed by atoms with van der Waals surface area (Å²) in [6.45, 7) is 2.05. The van der Waals surface area contributed by atoms with Gasteiger partial charge in [0.05, 0.1) is 7.11 Å². The maximum atomic E-state index is 10.7. The molecule has 0 aliphatic carbocycles. The molecule has 7 nitrogen and oxygen atoms in total. The second-order valence-corrected chi connectivity index (χ2v) is 3.97. The fourth-order valence-electron chi connectivity index (χ4n) is 1.51. The fourth-order valence-corrected chi connectivity index (χ4v) is 1.83. The quantitative estimate of drug-likeness (QED) is 0.784. The van der Waals surface area contributed by atoms with Crippen molar-refractivity contribution in [3.05, 3.63) is 5.82 Å². The molecule has 0 aliphatic rings. The minimum atomic E-state index is -1.13. The molecule has 0 fully saturated rings. The van der Waals surface area contributed by atoms with E-state index in [1.54, 1.807) is 0 Å². The number of aromatic amines is 1. The molecule has 0 amide bonds. The van der Waals surface area contributed by atoms with Crippen LogP contribution in [0.15, 0.2) is 0 Å². The van der Waals surface area contributed by atoms with Gasteiger partial charge in [-0.3, -0.25) is 0 Å². The predicted molar refractivity (Wildman–Crippen MR) is 66.2 cm³/mol. The van der Waals surface area contributed by atoms with Crippen molar-refractivity contribution in [1.82, 2.24) is 19.9 Å². The van der Waals surface area contributed by atoms with Gasteiger partial charge in [0.1, 0.15) is 20.0 Å². The zero-order chi connectivity index (χ0) is 12.3. The molecule has 0 saturated heterocycles. The molecule has 0 saturated carbocycles. The summed E-state index contributed by atoms with van der Waals surface area (Å²) in [6.07, 6.45) is 1.70. The predicted octanol–water partition coefficient (Wildman–Crippen LogP) is 1.40. The van der Waals surface area contributed by atoms with Gasteiger partial charge in [-0.25, -0.2) is 9.97 Å². The Labute approximate surface area is 99.3 Å². The Bertz CT molecular complexity index is 541. The summed E-state index contributed by atoms with van der Waals surface area (Å²) >= 11 is 0. The molecule has 0 radical (unpaired) electrons. The minimum absolute atomic E-state index is 0.367. The van der Waals surface area contributed by atoms with Crippen molar-refractivity contribution in [2.45, 2.75) is 19.8 Å². The van der Waals surface area contributed by atoms with Gasteiger partial charge in [-0.05, 0) is 6.42 Å². The van der Waals surface area contributed by atoms with Gasteiger partial charge in [0, 0.05) is 6.42 Å². The van der Waals surface area contributed by atoms with Crippen LogP contribution in [0.2, 0.25) is 0 Å². The van der Waals surface area contributed by atoms with Gasteiger partial charge in [-0.1, -0.05) is 6.92 Å². The van der Waals surface area contributed by atoms with Crippen LogP contribution in [0.3, 0.4) is 0 Å². The molecular formula is C9H14N5O2P. The van der Waals surface area contributed by atoms with Crippen LogP contribution < -0.4 is 9.82 Å². The molecule has 0 aromatic carbocycles. The SMILES string of the molecule is CCCc1nc(N[PH2]=O)c2[nH]c(OC)nc2n1. The number of aryl methyl sites for hydroxylation is 1. The van der Waals surface area contributed by atoms with Crippen molar-refractivity contribution in [2.75, 3.05) is 12.2 Å². The first-order valence-electron chi connectivity index (χ1n) is 5.29. The standard InChI is InChI=1S/C9H14N5O2P/c1-3-4-5-10-7-6(8(11-5)14-17-15)12-9(13-7)16-2/h3-4,17H2,1-2H3,(H2,10,11,12,13,14,15). The van der Waals surface area contributed by atoms with E-state index in [4.69, 9.17) is 4.74 Å². The van der Waals surface area contributed by atoms with Gasteiger partial charge in [0.25, 0.3) is 6.01 Å². The first-order valence-corrected chi connectivity index (χ1v) is 6.34. The molecule has 0 bridgehead atoms. The van der Waals surface area contributed by atoms with Crippen molar-refractivity contribution in [3.63, 3.8) is 0 Å². The molecule has 8 heteroatoms. The van der Waals surface area contributed by atoms with E-state index in [9.17, 15) is 4.57 Å². The second kappa shape index (κ2) is 5.14. The van der Waals surface area contributed by atoms with E-state index in [2.05, 4.69) is 25.0 Å². The van der Waals surface area contributed by atoms with Gasteiger partial charge in [0.15, 0.2) is 11.5 Å². The van der Waals surface area contributed by atoms with E-state index in [0.29, 0.717) is 28.8 Å². The highest BCUT2D eigenvalue weighted by molar-refractivity contribution is 7.25. The molecule has 2 aromatic rings. The Morgan fingerprint density at radius 2 is 2.24 bits per heavy atom. The van der Waals surface area contributed by atoms with Crippen LogP contribution in [0.1, 0.15) is 19.2 Å².